The van der Waals surface area contributed by atoms with Gasteiger partial charge in [0, 0.05) is 1.37 Å². The van der Waals surface area contributed by atoms with Crippen molar-refractivity contribution in [2.75, 3.05) is 7.02 Å². The van der Waals surface area contributed by atoms with Gasteiger partial charge in [0.05, 0.1) is 0 Å². The van der Waals surface area contributed by atoms with Crippen molar-refractivity contribution in [2.24, 2.45) is 0 Å². The number of carboxylic acids is 1. The van der Waals surface area contributed by atoms with Gasteiger partial charge in [0.25, 0.3) is 0 Å². The van der Waals surface area contributed by atoms with Gasteiger partial charge in [-0.2, -0.15) is 0 Å². The molecule has 3 nitrogen and oxygen atoms in total. The van der Waals surface area contributed by atoms with E-state index >= 15 is 0 Å². The third kappa shape index (κ3) is 2.87. The highest BCUT2D eigenvalue weighted by Gasteiger charge is 2.14. The quantitative estimate of drug-likeness (QED) is 0.723. The van der Waals surface area contributed by atoms with Crippen molar-refractivity contribution < 1.29 is 11.3 Å². The lowest BCUT2D eigenvalue weighted by molar-refractivity contribution is -0.139. The summed E-state index contributed by atoms with van der Waals surface area (Å²) in [5.74, 6) is -0.916. The van der Waals surface area contributed by atoms with Crippen LogP contribution < -0.4 is 5.32 Å². The molecule has 2 N–H and O–H groups in total. The van der Waals surface area contributed by atoms with Gasteiger partial charge in [-0.1, -0.05) is 30.3 Å². The minimum atomic E-state index is -0.916. The topological polar surface area (TPSA) is 49.3 Å². The summed E-state index contributed by atoms with van der Waals surface area (Å²) in [6.45, 7) is 0. The van der Waals surface area contributed by atoms with Crippen LogP contribution in [0.15, 0.2) is 30.3 Å². The Morgan fingerprint density at radius 3 is 2.85 bits per heavy atom. The molecular weight excluding hydrogens is 166 g/mol. The molecule has 70 valence electrons. The van der Waals surface area contributed by atoms with E-state index in [1.165, 1.54) is 0 Å². The number of carboxylic acid groups (broad SMARTS) is 1. The summed E-state index contributed by atoms with van der Waals surface area (Å²) < 4.78 is 6.92. The Hall–Kier alpha value is -1.35. The Kier molecular flexibility index (Phi) is 2.94. The van der Waals surface area contributed by atoms with E-state index in [4.69, 9.17) is 6.48 Å². The van der Waals surface area contributed by atoms with Crippen molar-refractivity contribution in [3.8, 4) is 0 Å². The predicted molar refractivity (Wildman–Crippen MR) is 50.6 cm³/mol. The molecule has 1 atom stereocenters. The number of carbonyl (C=O) groups is 1. The first-order valence-corrected chi connectivity index (χ1v) is 4.03. The first-order valence-electron chi connectivity index (χ1n) is 4.74. The largest absolute Gasteiger partial charge is 0.480 e. The highest BCUT2D eigenvalue weighted by atomic mass is 16.4. The zero-order valence-corrected chi connectivity index (χ0v) is 7.23. The van der Waals surface area contributed by atoms with E-state index in [2.05, 4.69) is 5.32 Å². The van der Waals surface area contributed by atoms with Gasteiger partial charge in [-0.25, -0.2) is 0 Å². The standard InChI is InChI=1S/C10H13NO2/c1-11-9(10(12)13)7-8-5-3-2-4-6-8/h2-6,9,11H,7H2,1H3,(H,12,13)/t9-/m0/s1/i1D. The van der Waals surface area contributed by atoms with Crippen LogP contribution in [0.4, 0.5) is 0 Å². The van der Waals surface area contributed by atoms with Crippen LogP contribution in [0, 0.1) is 0 Å². The minimum Gasteiger partial charge on any atom is -0.480 e. The summed E-state index contributed by atoms with van der Waals surface area (Å²) in [4.78, 5) is 10.7. The van der Waals surface area contributed by atoms with Crippen LogP contribution in [0.3, 0.4) is 0 Å². The van der Waals surface area contributed by atoms with Crippen LogP contribution in [-0.4, -0.2) is 24.1 Å². The fourth-order valence-electron chi connectivity index (χ4n) is 1.10. The number of hydrogen-bond donors (Lipinski definition) is 2. The summed E-state index contributed by atoms with van der Waals surface area (Å²) in [6, 6.07) is 8.71. The molecule has 3 heteroatoms. The molecule has 1 aromatic carbocycles. The van der Waals surface area contributed by atoms with Gasteiger partial charge in [0.15, 0.2) is 0 Å². The van der Waals surface area contributed by atoms with Gasteiger partial charge in [-0.05, 0) is 19.0 Å². The number of aliphatic carboxylic acids is 1. The number of nitrogens with one attached hydrogen (secondary N) is 1. The van der Waals surface area contributed by atoms with E-state index in [-0.39, 0.29) is 7.02 Å². The molecule has 13 heavy (non-hydrogen) atoms. The average Bonchev–Trinajstić information content (AvgIpc) is 2.18. The molecule has 0 bridgehead atoms. The summed E-state index contributed by atoms with van der Waals surface area (Å²) in [7, 11) is -0.0796. The van der Waals surface area contributed by atoms with Crippen LogP contribution in [0.1, 0.15) is 6.93 Å². The van der Waals surface area contributed by atoms with Crippen molar-refractivity contribution in [3.63, 3.8) is 0 Å². The number of likely N-dealkylation sites (N-methyl/N-ethyl adjacent to an activating group) is 1. The van der Waals surface area contributed by atoms with Crippen LogP contribution in [-0.2, 0) is 11.2 Å². The second kappa shape index (κ2) is 4.62. The number of hydrogen-bond acceptors (Lipinski definition) is 2. The van der Waals surface area contributed by atoms with Gasteiger partial charge < -0.3 is 10.4 Å². The van der Waals surface area contributed by atoms with E-state index in [1.54, 1.807) is 0 Å². The molecule has 0 spiro atoms. The molecule has 0 saturated carbocycles. The molecule has 0 amide bonds. The molecule has 1 aromatic rings. The molecule has 0 aliphatic carbocycles. The Morgan fingerprint density at radius 1 is 1.62 bits per heavy atom. The molecule has 0 aliphatic heterocycles. The van der Waals surface area contributed by atoms with E-state index in [9.17, 15) is 4.79 Å². The molecule has 0 radical (unpaired) electrons. The summed E-state index contributed by atoms with van der Waals surface area (Å²) in [6.07, 6.45) is 0.412. The fraction of sp³-hybridized carbons (Fsp3) is 0.300. The molecule has 1 rings (SSSR count). The molecule has 0 aromatic heterocycles. The second-order valence-electron chi connectivity index (χ2n) is 2.78. The molecule has 0 unspecified atom stereocenters. The molecule has 0 heterocycles. The minimum absolute atomic E-state index is 0.0796. The van der Waals surface area contributed by atoms with Gasteiger partial charge in [0.2, 0.25) is 0 Å². The summed E-state index contributed by atoms with van der Waals surface area (Å²) in [5.41, 5.74) is 0.959. The van der Waals surface area contributed by atoms with Crippen molar-refractivity contribution in [2.45, 2.75) is 12.5 Å². The first kappa shape index (κ1) is 8.26. The van der Waals surface area contributed by atoms with Crippen molar-refractivity contribution in [1.29, 1.82) is 0 Å². The monoisotopic (exact) mass is 180 g/mol. The molecule has 0 fully saturated rings. The van der Waals surface area contributed by atoms with E-state index in [0.29, 0.717) is 6.42 Å². The lowest BCUT2D eigenvalue weighted by atomic mass is 10.1. The SMILES string of the molecule is [2H]CN[C@@H](Cc1ccccc1)C(=O)O. The third-order valence-electron chi connectivity index (χ3n) is 1.83. The first-order chi connectivity index (χ1) is 6.74. The van der Waals surface area contributed by atoms with Gasteiger partial charge in [-0.3, -0.25) is 4.79 Å². The highest BCUT2D eigenvalue weighted by Crippen LogP contribution is 2.02. The van der Waals surface area contributed by atoms with Gasteiger partial charge in [0.1, 0.15) is 6.04 Å². The third-order valence-corrected chi connectivity index (χ3v) is 1.83. The Balaban J connectivity index is 2.60. The summed E-state index contributed by atoms with van der Waals surface area (Å²) >= 11 is 0. The number of rotatable bonds is 4. The zero-order valence-electron chi connectivity index (χ0n) is 8.23. The maximum absolute atomic E-state index is 10.7. The van der Waals surface area contributed by atoms with E-state index in [0.717, 1.165) is 5.56 Å². The Morgan fingerprint density at radius 2 is 2.31 bits per heavy atom. The Labute approximate surface area is 78.8 Å². The Bertz CT molecular complexity index is 289. The van der Waals surface area contributed by atoms with Crippen LogP contribution in [0.2, 0.25) is 0 Å². The fourth-order valence-corrected chi connectivity index (χ4v) is 1.10. The molecular formula is C10H13NO2. The molecule has 0 aliphatic rings. The molecule has 0 saturated heterocycles. The van der Waals surface area contributed by atoms with Crippen molar-refractivity contribution in [3.05, 3.63) is 35.9 Å². The van der Waals surface area contributed by atoms with Crippen molar-refractivity contribution >= 4 is 5.97 Å². The summed E-state index contributed by atoms with van der Waals surface area (Å²) in [5, 5.41) is 11.4. The van der Waals surface area contributed by atoms with E-state index in [1.807, 2.05) is 30.3 Å². The normalized spacial score (nSPS) is 13.4. The predicted octanol–water partition coefficient (Wildman–Crippen LogP) is 0.902. The highest BCUT2D eigenvalue weighted by molar-refractivity contribution is 5.73. The van der Waals surface area contributed by atoms with Crippen LogP contribution in [0.5, 0.6) is 0 Å². The maximum atomic E-state index is 10.7. The maximum Gasteiger partial charge on any atom is 0.321 e. The lowest BCUT2D eigenvalue weighted by Gasteiger charge is -2.10. The zero-order chi connectivity index (χ0) is 10.4. The van der Waals surface area contributed by atoms with E-state index < -0.39 is 12.0 Å². The van der Waals surface area contributed by atoms with Crippen LogP contribution in [0.25, 0.3) is 0 Å². The van der Waals surface area contributed by atoms with Gasteiger partial charge in [-0.15, -0.1) is 0 Å². The average molecular weight is 180 g/mol. The lowest BCUT2D eigenvalue weighted by Crippen LogP contribution is -2.35. The second-order valence-corrected chi connectivity index (χ2v) is 2.78. The van der Waals surface area contributed by atoms with Gasteiger partial charge >= 0.3 is 5.97 Å². The van der Waals surface area contributed by atoms with Crippen LogP contribution >= 0.6 is 0 Å². The smallest absolute Gasteiger partial charge is 0.321 e. The van der Waals surface area contributed by atoms with Crippen molar-refractivity contribution in [1.82, 2.24) is 5.32 Å². The number of benzene rings is 1.